The van der Waals surface area contributed by atoms with Crippen molar-refractivity contribution in [2.24, 2.45) is 5.92 Å². The first-order valence-corrected chi connectivity index (χ1v) is 8.00. The molecule has 1 aromatic heterocycles. The minimum atomic E-state index is 0.0379. The van der Waals surface area contributed by atoms with Gasteiger partial charge in [-0.25, -0.2) is 4.98 Å². The van der Waals surface area contributed by atoms with Crippen molar-refractivity contribution in [3.63, 3.8) is 0 Å². The van der Waals surface area contributed by atoms with Gasteiger partial charge >= 0.3 is 0 Å². The average molecular weight is 282 g/mol. The van der Waals surface area contributed by atoms with Crippen molar-refractivity contribution >= 4 is 11.3 Å². The van der Waals surface area contributed by atoms with E-state index in [1.165, 1.54) is 19.3 Å². The summed E-state index contributed by atoms with van der Waals surface area (Å²) in [5.41, 5.74) is 1.09. The van der Waals surface area contributed by atoms with Crippen LogP contribution in [0.3, 0.4) is 0 Å². The Bertz CT molecular complexity index is 415. The van der Waals surface area contributed by atoms with Crippen molar-refractivity contribution in [2.45, 2.75) is 38.4 Å². The minimum absolute atomic E-state index is 0.0379. The third-order valence-corrected chi connectivity index (χ3v) is 5.05. The number of hydrogen-bond acceptors (Lipinski definition) is 5. The van der Waals surface area contributed by atoms with E-state index in [-0.39, 0.29) is 5.60 Å². The second-order valence-electron chi connectivity index (χ2n) is 5.55. The summed E-state index contributed by atoms with van der Waals surface area (Å²) in [5, 5.41) is 6.66. The van der Waals surface area contributed by atoms with E-state index in [4.69, 9.17) is 9.47 Å². The first kappa shape index (κ1) is 13.5. The highest BCUT2D eigenvalue weighted by atomic mass is 32.1. The van der Waals surface area contributed by atoms with E-state index in [1.54, 1.807) is 11.3 Å². The van der Waals surface area contributed by atoms with Gasteiger partial charge in [-0.15, -0.1) is 11.3 Å². The van der Waals surface area contributed by atoms with Gasteiger partial charge in [0, 0.05) is 24.4 Å². The molecular weight excluding hydrogens is 260 g/mol. The lowest BCUT2D eigenvalue weighted by atomic mass is 9.90. The Labute approximate surface area is 118 Å². The summed E-state index contributed by atoms with van der Waals surface area (Å²) in [6, 6.07) is 0. The summed E-state index contributed by atoms with van der Waals surface area (Å²) >= 11 is 1.68. The van der Waals surface area contributed by atoms with E-state index in [0.29, 0.717) is 12.5 Å². The van der Waals surface area contributed by atoms with Crippen molar-refractivity contribution in [1.82, 2.24) is 10.3 Å². The SMILES string of the molecule is Cc1nc(COC[C@@H]2CCC[C@@]23CNCCO3)cs1. The molecule has 0 radical (unpaired) electrons. The fourth-order valence-corrected chi connectivity index (χ4v) is 3.83. The lowest BCUT2D eigenvalue weighted by Gasteiger charge is -2.39. The summed E-state index contributed by atoms with van der Waals surface area (Å²) in [6.07, 6.45) is 3.65. The van der Waals surface area contributed by atoms with Crippen LogP contribution in [0.15, 0.2) is 5.38 Å². The maximum atomic E-state index is 6.09. The number of ether oxygens (including phenoxy) is 2. The van der Waals surface area contributed by atoms with Crippen molar-refractivity contribution in [1.29, 1.82) is 0 Å². The maximum absolute atomic E-state index is 6.09. The van der Waals surface area contributed by atoms with Crippen LogP contribution in [0.5, 0.6) is 0 Å². The van der Waals surface area contributed by atoms with Gasteiger partial charge in [0.2, 0.25) is 0 Å². The Balaban J connectivity index is 1.51. The van der Waals surface area contributed by atoms with Crippen molar-refractivity contribution < 1.29 is 9.47 Å². The normalized spacial score (nSPS) is 31.1. The Morgan fingerprint density at radius 3 is 3.32 bits per heavy atom. The van der Waals surface area contributed by atoms with E-state index in [2.05, 4.69) is 15.7 Å². The van der Waals surface area contributed by atoms with Crippen LogP contribution < -0.4 is 5.32 Å². The van der Waals surface area contributed by atoms with Crippen LogP contribution >= 0.6 is 11.3 Å². The van der Waals surface area contributed by atoms with Gasteiger partial charge in [0.25, 0.3) is 0 Å². The summed E-state index contributed by atoms with van der Waals surface area (Å²) in [6.45, 7) is 6.25. The van der Waals surface area contributed by atoms with Gasteiger partial charge in [-0.2, -0.15) is 0 Å². The van der Waals surface area contributed by atoms with E-state index < -0.39 is 0 Å². The molecule has 0 unspecified atom stereocenters. The zero-order valence-electron chi connectivity index (χ0n) is 11.5. The van der Waals surface area contributed by atoms with Gasteiger partial charge in [0.1, 0.15) is 0 Å². The fourth-order valence-electron chi connectivity index (χ4n) is 3.23. The van der Waals surface area contributed by atoms with Crippen LogP contribution in [0, 0.1) is 12.8 Å². The van der Waals surface area contributed by atoms with Gasteiger partial charge in [0.05, 0.1) is 36.1 Å². The fraction of sp³-hybridized carbons (Fsp3) is 0.786. The number of morpholine rings is 1. The standard InChI is InChI=1S/C14H22N2O2S/c1-11-16-13(9-19-11)8-17-7-12-3-2-4-14(12)10-15-5-6-18-14/h9,12,15H,2-8,10H2,1H3/t12-,14+/m0/s1. The summed E-state index contributed by atoms with van der Waals surface area (Å²) < 4.78 is 12.0. The Kier molecular flexibility index (Phi) is 4.17. The molecule has 1 aliphatic heterocycles. The van der Waals surface area contributed by atoms with Gasteiger partial charge < -0.3 is 14.8 Å². The quantitative estimate of drug-likeness (QED) is 0.919. The lowest BCUT2D eigenvalue weighted by molar-refractivity contribution is -0.108. The van der Waals surface area contributed by atoms with Crippen LogP contribution in [0.1, 0.15) is 30.0 Å². The number of nitrogens with one attached hydrogen (secondary N) is 1. The molecule has 0 amide bonds. The van der Waals surface area contributed by atoms with Crippen LogP contribution in [-0.4, -0.2) is 36.9 Å². The van der Waals surface area contributed by atoms with Crippen LogP contribution in [0.25, 0.3) is 0 Å². The highest BCUT2D eigenvalue weighted by Crippen LogP contribution is 2.39. The predicted molar refractivity (Wildman–Crippen MR) is 75.4 cm³/mol. The summed E-state index contributed by atoms with van der Waals surface area (Å²) in [4.78, 5) is 4.43. The van der Waals surface area contributed by atoms with Crippen molar-refractivity contribution in [3.8, 4) is 0 Å². The molecule has 19 heavy (non-hydrogen) atoms. The third kappa shape index (κ3) is 2.99. The van der Waals surface area contributed by atoms with Gasteiger partial charge in [-0.3, -0.25) is 0 Å². The van der Waals surface area contributed by atoms with Crippen LogP contribution in [0.4, 0.5) is 0 Å². The Hall–Kier alpha value is -0.490. The molecule has 1 saturated carbocycles. The minimum Gasteiger partial charge on any atom is -0.375 e. The molecule has 2 aliphatic rings. The molecule has 3 rings (SSSR count). The highest BCUT2D eigenvalue weighted by Gasteiger charge is 2.44. The average Bonchev–Trinajstić information content (AvgIpc) is 2.99. The molecule has 1 N–H and O–H groups in total. The number of hydrogen-bond donors (Lipinski definition) is 1. The second kappa shape index (κ2) is 5.87. The van der Waals surface area contributed by atoms with E-state index in [9.17, 15) is 0 Å². The van der Waals surface area contributed by atoms with Crippen molar-refractivity contribution in [3.05, 3.63) is 16.1 Å². The zero-order valence-corrected chi connectivity index (χ0v) is 12.3. The highest BCUT2D eigenvalue weighted by molar-refractivity contribution is 7.09. The van der Waals surface area contributed by atoms with Gasteiger partial charge in [-0.1, -0.05) is 6.42 Å². The van der Waals surface area contributed by atoms with Gasteiger partial charge in [0.15, 0.2) is 0 Å². The Morgan fingerprint density at radius 2 is 2.58 bits per heavy atom. The van der Waals surface area contributed by atoms with Crippen LogP contribution in [0.2, 0.25) is 0 Å². The lowest BCUT2D eigenvalue weighted by Crippen LogP contribution is -2.52. The molecule has 106 valence electrons. The maximum Gasteiger partial charge on any atom is 0.0898 e. The second-order valence-corrected chi connectivity index (χ2v) is 6.61. The molecule has 1 aliphatic carbocycles. The van der Waals surface area contributed by atoms with Crippen molar-refractivity contribution in [2.75, 3.05) is 26.3 Å². The molecule has 5 heteroatoms. The molecule has 4 nitrogen and oxygen atoms in total. The first-order valence-electron chi connectivity index (χ1n) is 7.12. The topological polar surface area (TPSA) is 43.4 Å². The Morgan fingerprint density at radius 1 is 1.63 bits per heavy atom. The first-order chi connectivity index (χ1) is 9.28. The van der Waals surface area contributed by atoms with E-state index in [0.717, 1.165) is 37.0 Å². The third-order valence-electron chi connectivity index (χ3n) is 4.22. The molecule has 1 saturated heterocycles. The molecule has 2 atom stereocenters. The molecule has 0 bridgehead atoms. The molecule has 2 heterocycles. The number of aromatic nitrogens is 1. The number of rotatable bonds is 4. The predicted octanol–water partition coefficient (Wildman–Crippen LogP) is 2.13. The number of thiazole rings is 1. The van der Waals surface area contributed by atoms with Crippen LogP contribution in [-0.2, 0) is 16.1 Å². The molecule has 2 fully saturated rings. The van der Waals surface area contributed by atoms with E-state index >= 15 is 0 Å². The molecular formula is C14H22N2O2S. The molecule has 1 spiro atoms. The smallest absolute Gasteiger partial charge is 0.0898 e. The number of nitrogens with zero attached hydrogens (tertiary/aromatic N) is 1. The zero-order chi connectivity index (χ0) is 13.1. The largest absolute Gasteiger partial charge is 0.375 e. The molecule has 1 aromatic rings. The summed E-state index contributed by atoms with van der Waals surface area (Å²) in [7, 11) is 0. The van der Waals surface area contributed by atoms with E-state index in [1.807, 2.05) is 6.92 Å². The summed E-state index contributed by atoms with van der Waals surface area (Å²) in [5.74, 6) is 0.528. The van der Waals surface area contributed by atoms with Gasteiger partial charge in [-0.05, 0) is 19.8 Å². The monoisotopic (exact) mass is 282 g/mol. The molecule has 0 aromatic carbocycles. The number of aryl methyl sites for hydroxylation is 1.